The van der Waals surface area contributed by atoms with Crippen molar-refractivity contribution in [3.8, 4) is 5.75 Å². The van der Waals surface area contributed by atoms with Crippen molar-refractivity contribution in [2.45, 2.75) is 24.0 Å². The molecule has 4 nitrogen and oxygen atoms in total. The molecule has 5 heteroatoms. The molecule has 0 radical (unpaired) electrons. The molecule has 1 heterocycles. The van der Waals surface area contributed by atoms with Gasteiger partial charge in [-0.05, 0) is 38.1 Å². The Morgan fingerprint density at radius 3 is 2.70 bits per heavy atom. The van der Waals surface area contributed by atoms with E-state index in [1.807, 2.05) is 38.1 Å². The molecule has 1 aromatic heterocycles. The van der Waals surface area contributed by atoms with E-state index in [-0.39, 0.29) is 11.2 Å². The van der Waals surface area contributed by atoms with Crippen LogP contribution in [0, 0.1) is 6.92 Å². The number of ether oxygens (including phenoxy) is 2. The lowest BCUT2D eigenvalue weighted by atomic mass is 10.2. The van der Waals surface area contributed by atoms with E-state index in [2.05, 4.69) is 4.98 Å². The van der Waals surface area contributed by atoms with Crippen molar-refractivity contribution in [3.63, 3.8) is 0 Å². The summed E-state index contributed by atoms with van der Waals surface area (Å²) in [5, 5.41) is 0.715. The molecule has 0 aliphatic heterocycles. The van der Waals surface area contributed by atoms with Crippen molar-refractivity contribution in [3.05, 3.63) is 30.0 Å². The van der Waals surface area contributed by atoms with E-state index in [0.717, 1.165) is 27.2 Å². The number of methoxy groups -OCH3 is 2. The van der Waals surface area contributed by atoms with Gasteiger partial charge in [-0.3, -0.25) is 9.78 Å². The Bertz CT molecular complexity index is 642. The molecule has 0 aliphatic carbocycles. The van der Waals surface area contributed by atoms with Gasteiger partial charge in [-0.2, -0.15) is 0 Å². The molecule has 106 valence electrons. The minimum absolute atomic E-state index is 0.236. The Kier molecular flexibility index (Phi) is 4.49. The Labute approximate surface area is 122 Å². The van der Waals surface area contributed by atoms with E-state index in [4.69, 9.17) is 9.47 Å². The normalized spacial score (nSPS) is 12.2. The van der Waals surface area contributed by atoms with Crippen LogP contribution in [-0.2, 0) is 9.53 Å². The number of aromatic nitrogens is 1. The van der Waals surface area contributed by atoms with Crippen LogP contribution in [0.3, 0.4) is 0 Å². The Morgan fingerprint density at radius 1 is 1.30 bits per heavy atom. The molecule has 0 saturated carbocycles. The molecule has 0 spiro atoms. The van der Waals surface area contributed by atoms with Gasteiger partial charge in [0.25, 0.3) is 0 Å². The number of benzene rings is 1. The molecule has 0 bridgehead atoms. The number of hydrogen-bond donors (Lipinski definition) is 0. The Hall–Kier alpha value is -1.75. The second-order valence-corrected chi connectivity index (χ2v) is 5.81. The summed E-state index contributed by atoms with van der Waals surface area (Å²) in [5.74, 6) is 0.538. The van der Waals surface area contributed by atoms with Crippen LogP contribution in [0.4, 0.5) is 0 Å². The molecule has 2 aromatic rings. The third-order valence-electron chi connectivity index (χ3n) is 2.94. The van der Waals surface area contributed by atoms with Gasteiger partial charge < -0.3 is 9.47 Å². The first-order valence-electron chi connectivity index (χ1n) is 6.25. The fourth-order valence-electron chi connectivity index (χ4n) is 1.93. The van der Waals surface area contributed by atoms with Crippen molar-refractivity contribution in [1.82, 2.24) is 4.98 Å². The monoisotopic (exact) mass is 291 g/mol. The average molecular weight is 291 g/mol. The first-order chi connectivity index (χ1) is 9.55. The zero-order valence-electron chi connectivity index (χ0n) is 12.0. The van der Waals surface area contributed by atoms with Crippen molar-refractivity contribution < 1.29 is 14.3 Å². The highest BCUT2D eigenvalue weighted by Gasteiger charge is 2.17. The molecular weight excluding hydrogens is 274 g/mol. The second kappa shape index (κ2) is 6.13. The number of carbonyl (C=O) groups is 1. The molecule has 0 fully saturated rings. The fraction of sp³-hybridized carbons (Fsp3) is 0.333. The summed E-state index contributed by atoms with van der Waals surface area (Å²) in [4.78, 5) is 17.1. The molecule has 0 N–H and O–H groups in total. The lowest BCUT2D eigenvalue weighted by molar-refractivity contribution is -0.139. The number of pyridine rings is 1. The van der Waals surface area contributed by atoms with E-state index in [1.54, 1.807) is 7.11 Å². The van der Waals surface area contributed by atoms with Crippen molar-refractivity contribution in [2.24, 2.45) is 0 Å². The third-order valence-corrected chi connectivity index (χ3v) is 4.08. The summed E-state index contributed by atoms with van der Waals surface area (Å²) < 4.78 is 10.0. The number of fused-ring (bicyclic) bond motifs is 1. The zero-order chi connectivity index (χ0) is 14.7. The van der Waals surface area contributed by atoms with E-state index >= 15 is 0 Å². The molecule has 0 unspecified atom stereocenters. The molecular formula is C15H17NO3S. The summed E-state index contributed by atoms with van der Waals surface area (Å²) in [6.07, 6.45) is 0. The van der Waals surface area contributed by atoms with Gasteiger partial charge in [0.05, 0.1) is 19.7 Å². The quantitative estimate of drug-likeness (QED) is 0.639. The number of nitrogens with zero attached hydrogens (tertiary/aromatic N) is 1. The molecule has 0 amide bonds. The van der Waals surface area contributed by atoms with Gasteiger partial charge in [0.15, 0.2) is 0 Å². The van der Waals surface area contributed by atoms with Crippen LogP contribution in [-0.4, -0.2) is 30.4 Å². The standard InChI is InChI=1S/C15H17NO3S/c1-9-7-14(20-10(2)15(17)19-4)12-8-11(18-3)5-6-13(12)16-9/h5-8,10H,1-4H3/t10-/m1/s1. The van der Waals surface area contributed by atoms with Crippen LogP contribution in [0.15, 0.2) is 29.2 Å². The van der Waals surface area contributed by atoms with Crippen molar-refractivity contribution >= 4 is 28.6 Å². The number of rotatable bonds is 4. The highest BCUT2D eigenvalue weighted by molar-refractivity contribution is 8.00. The van der Waals surface area contributed by atoms with Gasteiger partial charge in [-0.15, -0.1) is 11.8 Å². The number of thioether (sulfide) groups is 1. The van der Waals surface area contributed by atoms with E-state index in [1.165, 1.54) is 18.9 Å². The fourth-order valence-corrected chi connectivity index (χ4v) is 3.03. The number of esters is 1. The van der Waals surface area contributed by atoms with Crippen molar-refractivity contribution in [2.75, 3.05) is 14.2 Å². The van der Waals surface area contributed by atoms with Crippen LogP contribution in [0.1, 0.15) is 12.6 Å². The SMILES string of the molecule is COC(=O)[C@@H](C)Sc1cc(C)nc2ccc(OC)cc12. The highest BCUT2D eigenvalue weighted by Crippen LogP contribution is 2.33. The average Bonchev–Trinajstić information content (AvgIpc) is 2.45. The molecule has 0 aliphatic rings. The Balaban J connectivity index is 2.47. The van der Waals surface area contributed by atoms with E-state index < -0.39 is 0 Å². The highest BCUT2D eigenvalue weighted by atomic mass is 32.2. The number of hydrogen-bond acceptors (Lipinski definition) is 5. The predicted molar refractivity (Wildman–Crippen MR) is 80.4 cm³/mol. The van der Waals surface area contributed by atoms with Gasteiger partial charge in [0.1, 0.15) is 11.0 Å². The van der Waals surface area contributed by atoms with Crippen LogP contribution in [0.2, 0.25) is 0 Å². The van der Waals surface area contributed by atoms with Gasteiger partial charge in [-0.1, -0.05) is 0 Å². The van der Waals surface area contributed by atoms with Gasteiger partial charge in [0, 0.05) is 16.0 Å². The lowest BCUT2D eigenvalue weighted by Gasteiger charge is -2.12. The molecule has 1 atom stereocenters. The van der Waals surface area contributed by atoms with Crippen LogP contribution >= 0.6 is 11.8 Å². The molecule has 1 aromatic carbocycles. The van der Waals surface area contributed by atoms with Crippen LogP contribution < -0.4 is 4.74 Å². The van der Waals surface area contributed by atoms with E-state index in [0.29, 0.717) is 0 Å². The maximum Gasteiger partial charge on any atom is 0.318 e. The summed E-state index contributed by atoms with van der Waals surface area (Å²) in [5.41, 5.74) is 1.81. The first-order valence-corrected chi connectivity index (χ1v) is 7.13. The predicted octanol–water partition coefficient (Wildman–Crippen LogP) is 3.21. The minimum atomic E-state index is -0.267. The summed E-state index contributed by atoms with van der Waals surface area (Å²) in [7, 11) is 3.03. The first kappa shape index (κ1) is 14.7. The molecule has 20 heavy (non-hydrogen) atoms. The largest absolute Gasteiger partial charge is 0.497 e. The third kappa shape index (κ3) is 3.04. The maximum atomic E-state index is 11.6. The lowest BCUT2D eigenvalue weighted by Crippen LogP contribution is -2.14. The number of carbonyl (C=O) groups excluding carboxylic acids is 1. The minimum Gasteiger partial charge on any atom is -0.497 e. The summed E-state index contributed by atoms with van der Waals surface area (Å²) in [6, 6.07) is 7.72. The van der Waals surface area contributed by atoms with Gasteiger partial charge >= 0.3 is 5.97 Å². The molecule has 2 rings (SSSR count). The topological polar surface area (TPSA) is 48.4 Å². The van der Waals surface area contributed by atoms with Gasteiger partial charge in [-0.25, -0.2) is 0 Å². The second-order valence-electron chi connectivity index (χ2n) is 4.43. The maximum absolute atomic E-state index is 11.6. The van der Waals surface area contributed by atoms with Crippen molar-refractivity contribution in [1.29, 1.82) is 0 Å². The summed E-state index contributed by atoms with van der Waals surface area (Å²) >= 11 is 1.47. The molecule has 0 saturated heterocycles. The van der Waals surface area contributed by atoms with Crippen LogP contribution in [0.25, 0.3) is 10.9 Å². The summed E-state index contributed by atoms with van der Waals surface area (Å²) in [6.45, 7) is 3.77. The van der Waals surface area contributed by atoms with Gasteiger partial charge in [0.2, 0.25) is 0 Å². The van der Waals surface area contributed by atoms with E-state index in [9.17, 15) is 4.79 Å². The number of aryl methyl sites for hydroxylation is 1. The van der Waals surface area contributed by atoms with Crippen LogP contribution in [0.5, 0.6) is 5.75 Å². The zero-order valence-corrected chi connectivity index (χ0v) is 12.8. The smallest absolute Gasteiger partial charge is 0.318 e. The Morgan fingerprint density at radius 2 is 2.05 bits per heavy atom.